The fourth-order valence-corrected chi connectivity index (χ4v) is 4.29. The molecule has 6 N–H and O–H groups in total. The molecule has 0 aromatic heterocycles. The maximum atomic E-state index is 12.9. The second kappa shape index (κ2) is 14.0. The number of thiocarbonyl (C=S) groups is 1. The normalized spacial score (nSPS) is 11.6. The van der Waals surface area contributed by atoms with Crippen LogP contribution in [0.1, 0.15) is 48.1 Å². The molecule has 0 atom stereocenters. The van der Waals surface area contributed by atoms with Gasteiger partial charge in [-0.2, -0.15) is 5.10 Å². The van der Waals surface area contributed by atoms with Crippen molar-refractivity contribution in [1.82, 2.24) is 0 Å². The minimum atomic E-state index is -0.102. The molecule has 0 aliphatic rings. The fraction of sp³-hybridized carbons (Fsp3) is 0.233. The van der Waals surface area contributed by atoms with E-state index in [9.17, 15) is 4.79 Å². The number of nitrogens with one attached hydrogen (secondary N) is 2. The van der Waals surface area contributed by atoms with Crippen molar-refractivity contribution in [1.29, 1.82) is 0 Å². The number of hydrogen-bond donors (Lipinski definition) is 4. The molecule has 9 heteroatoms. The Balaban J connectivity index is 1.63. The van der Waals surface area contributed by atoms with Gasteiger partial charge in [0.2, 0.25) is 5.96 Å². The van der Waals surface area contributed by atoms with Crippen molar-refractivity contribution in [3.05, 3.63) is 94.5 Å². The van der Waals surface area contributed by atoms with Crippen LogP contribution in [0.3, 0.4) is 0 Å². The number of benzene rings is 3. The number of Topliss-reactive ketones (excluding diaryl/α,β-unsaturated/α-hetero) is 1. The molecule has 0 unspecified atom stereocenters. The second-order valence-corrected chi connectivity index (χ2v) is 9.53. The first kappa shape index (κ1) is 29.2. The molecular formula is C30H35N7OS. The molecule has 0 bridgehead atoms. The number of anilines is 2. The summed E-state index contributed by atoms with van der Waals surface area (Å²) >= 11 is 5.53. The summed E-state index contributed by atoms with van der Waals surface area (Å²) in [6.07, 6.45) is 1.60. The summed E-state index contributed by atoms with van der Waals surface area (Å²) in [6, 6.07) is 21.6. The Kier molecular flexibility index (Phi) is 10.5. The maximum absolute atomic E-state index is 12.9. The summed E-state index contributed by atoms with van der Waals surface area (Å²) < 4.78 is 0. The van der Waals surface area contributed by atoms with E-state index < -0.39 is 0 Å². The van der Waals surface area contributed by atoms with Crippen LogP contribution in [0.2, 0.25) is 0 Å². The lowest BCUT2D eigenvalue weighted by atomic mass is 9.98. The monoisotopic (exact) mass is 541 g/mol. The predicted molar refractivity (Wildman–Crippen MR) is 167 cm³/mol. The van der Waals surface area contributed by atoms with Crippen molar-refractivity contribution in [3.8, 4) is 0 Å². The topological polar surface area (TPSA) is 130 Å². The lowest BCUT2D eigenvalue weighted by Crippen LogP contribution is -2.22. The van der Waals surface area contributed by atoms with E-state index in [0.717, 1.165) is 51.3 Å². The van der Waals surface area contributed by atoms with Gasteiger partial charge in [0.25, 0.3) is 0 Å². The van der Waals surface area contributed by atoms with Gasteiger partial charge in [0.05, 0.1) is 5.71 Å². The number of ketones is 1. The number of rotatable bonds is 10. The zero-order valence-electron chi connectivity index (χ0n) is 22.8. The molecular weight excluding hydrogens is 506 g/mol. The molecule has 8 nitrogen and oxygen atoms in total. The van der Waals surface area contributed by atoms with Crippen molar-refractivity contribution in [3.63, 3.8) is 0 Å². The Labute approximate surface area is 235 Å². The van der Waals surface area contributed by atoms with E-state index in [4.69, 9.17) is 23.7 Å². The van der Waals surface area contributed by atoms with Crippen LogP contribution in [-0.4, -0.2) is 35.3 Å². The minimum Gasteiger partial charge on any atom is -0.369 e. The quantitative estimate of drug-likeness (QED) is 0.124. The first-order valence-corrected chi connectivity index (χ1v) is 13.1. The third-order valence-corrected chi connectivity index (χ3v) is 6.35. The summed E-state index contributed by atoms with van der Waals surface area (Å²) in [5.74, 6) is 0.0494. The van der Waals surface area contributed by atoms with E-state index in [-0.39, 0.29) is 11.7 Å². The Morgan fingerprint density at radius 3 is 2.23 bits per heavy atom. The first-order chi connectivity index (χ1) is 18.7. The Hall–Kier alpha value is -4.37. The highest BCUT2D eigenvalue weighted by atomic mass is 32.1. The van der Waals surface area contributed by atoms with Crippen molar-refractivity contribution >= 4 is 51.9 Å². The zero-order chi connectivity index (χ0) is 28.4. The van der Waals surface area contributed by atoms with Crippen molar-refractivity contribution in [2.75, 3.05) is 17.7 Å². The van der Waals surface area contributed by atoms with Crippen LogP contribution in [0, 0.1) is 6.92 Å². The van der Waals surface area contributed by atoms with Gasteiger partial charge in [-0.25, -0.2) is 0 Å². The van der Waals surface area contributed by atoms with E-state index >= 15 is 0 Å². The van der Waals surface area contributed by atoms with Crippen molar-refractivity contribution < 1.29 is 4.79 Å². The summed E-state index contributed by atoms with van der Waals surface area (Å²) in [5, 5.41) is 14.5. The number of aliphatic imine (C=N–C) groups is 1. The van der Waals surface area contributed by atoms with Crippen LogP contribution in [0.4, 0.5) is 11.4 Å². The molecule has 0 fully saturated rings. The molecule has 202 valence electrons. The van der Waals surface area contributed by atoms with E-state index in [0.29, 0.717) is 23.7 Å². The second-order valence-electron chi connectivity index (χ2n) is 9.12. The molecule has 0 saturated heterocycles. The Bertz CT molecular complexity index is 1420. The average Bonchev–Trinajstić information content (AvgIpc) is 2.91. The van der Waals surface area contributed by atoms with Crippen LogP contribution in [0.5, 0.6) is 0 Å². The van der Waals surface area contributed by atoms with E-state index in [1.807, 2.05) is 80.6 Å². The molecule has 3 aromatic rings. The van der Waals surface area contributed by atoms with Crippen molar-refractivity contribution in [2.45, 2.75) is 40.0 Å². The van der Waals surface area contributed by atoms with Gasteiger partial charge in [-0.05, 0) is 84.6 Å². The van der Waals surface area contributed by atoms with E-state index in [2.05, 4.69) is 32.8 Å². The lowest BCUT2D eigenvalue weighted by Gasteiger charge is -2.14. The number of nitrogens with zero attached hydrogens (tertiary/aromatic N) is 3. The molecule has 3 aromatic carbocycles. The highest BCUT2D eigenvalue weighted by molar-refractivity contribution is 7.80. The lowest BCUT2D eigenvalue weighted by molar-refractivity contribution is -0.117. The van der Waals surface area contributed by atoms with Gasteiger partial charge in [0.1, 0.15) is 5.78 Å². The summed E-state index contributed by atoms with van der Waals surface area (Å²) in [7, 11) is 1.80. The molecule has 0 saturated carbocycles. The van der Waals surface area contributed by atoms with E-state index in [1.165, 1.54) is 0 Å². The molecule has 0 spiro atoms. The van der Waals surface area contributed by atoms with Gasteiger partial charge in [-0.3, -0.25) is 9.79 Å². The fourth-order valence-electron chi connectivity index (χ4n) is 4.05. The van der Waals surface area contributed by atoms with E-state index in [1.54, 1.807) is 7.05 Å². The van der Waals surface area contributed by atoms with Gasteiger partial charge in [0.15, 0.2) is 5.11 Å². The number of carbonyl (C=O) groups is 1. The highest BCUT2D eigenvalue weighted by Gasteiger charge is 2.10. The van der Waals surface area contributed by atoms with Crippen LogP contribution in [0.25, 0.3) is 0 Å². The third-order valence-electron chi connectivity index (χ3n) is 6.14. The number of hydrogen-bond acceptors (Lipinski definition) is 5. The van der Waals surface area contributed by atoms with Crippen molar-refractivity contribution in [2.24, 2.45) is 26.7 Å². The maximum Gasteiger partial charge on any atom is 0.211 e. The summed E-state index contributed by atoms with van der Waals surface area (Å²) in [5.41, 5.74) is 19.0. The minimum absolute atomic E-state index is 0.102. The number of guanidine groups is 1. The van der Waals surface area contributed by atoms with Crippen LogP contribution < -0.4 is 22.1 Å². The number of nitrogens with two attached hydrogens (primary N) is 2. The molecule has 3 rings (SSSR count). The Morgan fingerprint density at radius 2 is 1.59 bits per heavy atom. The molecule has 0 radical (unpaired) electrons. The van der Waals surface area contributed by atoms with Crippen LogP contribution >= 0.6 is 12.2 Å². The van der Waals surface area contributed by atoms with Gasteiger partial charge in [-0.1, -0.05) is 49.4 Å². The smallest absolute Gasteiger partial charge is 0.211 e. The molecule has 0 heterocycles. The molecule has 39 heavy (non-hydrogen) atoms. The van der Waals surface area contributed by atoms with Gasteiger partial charge in [0, 0.05) is 37.0 Å². The van der Waals surface area contributed by atoms with Gasteiger partial charge < -0.3 is 22.1 Å². The molecule has 0 aliphatic carbocycles. The SMILES string of the molecule is CCC(=NC)c1ccc(CC(=O)Cc2cc(NC(=S)Nc3cccc(/C(C)=N/N=C(N)N)c3)ccc2C)cc1. The number of aryl methyl sites for hydroxylation is 1. The van der Waals surface area contributed by atoms with Gasteiger partial charge in [-0.15, -0.1) is 5.10 Å². The predicted octanol–water partition coefficient (Wildman–Crippen LogP) is 4.98. The average molecular weight is 542 g/mol. The third kappa shape index (κ3) is 8.86. The number of carbonyl (C=O) groups excluding carboxylic acids is 1. The summed E-state index contributed by atoms with van der Waals surface area (Å²) in [4.78, 5) is 17.2. The zero-order valence-corrected chi connectivity index (χ0v) is 23.6. The van der Waals surface area contributed by atoms with Crippen LogP contribution in [0.15, 0.2) is 81.9 Å². The first-order valence-electron chi connectivity index (χ1n) is 12.7. The van der Waals surface area contributed by atoms with Gasteiger partial charge >= 0.3 is 0 Å². The molecule has 0 amide bonds. The Morgan fingerprint density at radius 1 is 0.897 bits per heavy atom. The molecule has 0 aliphatic heterocycles. The largest absolute Gasteiger partial charge is 0.369 e. The van der Waals surface area contributed by atoms with Crippen LogP contribution in [-0.2, 0) is 17.6 Å². The highest BCUT2D eigenvalue weighted by Crippen LogP contribution is 2.19. The summed E-state index contributed by atoms with van der Waals surface area (Å²) in [6.45, 7) is 5.90. The standard InChI is InChI=1S/C30H35N7OS/c1-5-28(33-4)22-12-10-21(11-13-22)15-27(38)18-24-17-26(14-9-19(24)2)35-30(39)34-25-8-6-7-23(16-25)20(3)36-37-29(31)32/h6-14,16-17H,5,15,18H2,1-4H3,(H4,31,32,37)(H2,34,35,39)/b33-28?,36-20+.